The van der Waals surface area contributed by atoms with Gasteiger partial charge in [0.15, 0.2) is 23.0 Å². The molecule has 0 N–H and O–H groups in total. The molecule has 0 saturated carbocycles. The first-order chi connectivity index (χ1) is 16.7. The number of benzene rings is 3. The molecule has 4 rings (SSSR count). The van der Waals surface area contributed by atoms with Gasteiger partial charge in [-0.2, -0.15) is 0 Å². The lowest BCUT2D eigenvalue weighted by atomic mass is 10.1. The van der Waals surface area contributed by atoms with Gasteiger partial charge in [0.2, 0.25) is 0 Å². The van der Waals surface area contributed by atoms with Gasteiger partial charge in [-0.25, -0.2) is 0 Å². The lowest BCUT2D eigenvalue weighted by Crippen LogP contribution is -2.45. The van der Waals surface area contributed by atoms with Crippen molar-refractivity contribution in [1.29, 1.82) is 0 Å². The molecular weight excluding hydrogens is 428 g/mol. The van der Waals surface area contributed by atoms with E-state index < -0.39 is 0 Å². The molecular formula is C28H34N2O4. The van der Waals surface area contributed by atoms with Crippen molar-refractivity contribution < 1.29 is 18.9 Å². The average molecular weight is 463 g/mol. The second-order valence-electron chi connectivity index (χ2n) is 8.50. The zero-order valence-electron chi connectivity index (χ0n) is 20.3. The summed E-state index contributed by atoms with van der Waals surface area (Å²) in [7, 11) is 5.03. The van der Waals surface area contributed by atoms with Gasteiger partial charge >= 0.3 is 0 Å². The van der Waals surface area contributed by atoms with E-state index in [1.165, 1.54) is 11.1 Å². The van der Waals surface area contributed by atoms with E-state index in [0.29, 0.717) is 6.61 Å². The van der Waals surface area contributed by atoms with Crippen molar-refractivity contribution in [2.24, 2.45) is 0 Å². The van der Waals surface area contributed by atoms with E-state index in [2.05, 4.69) is 46.2 Å². The predicted molar refractivity (Wildman–Crippen MR) is 134 cm³/mol. The maximum atomic E-state index is 6.09. The lowest BCUT2D eigenvalue weighted by molar-refractivity contribution is 0.122. The fourth-order valence-corrected chi connectivity index (χ4v) is 4.27. The SMILES string of the molecule is COc1ccc(CN2CCN(Cc3ccc(OC)c(OCc4ccccc4)c3)CC2)cc1OC. The molecule has 0 atom stereocenters. The molecule has 1 aliphatic rings. The van der Waals surface area contributed by atoms with Crippen molar-refractivity contribution in [2.75, 3.05) is 47.5 Å². The molecule has 0 radical (unpaired) electrons. The molecule has 0 amide bonds. The number of ether oxygens (including phenoxy) is 4. The van der Waals surface area contributed by atoms with Crippen molar-refractivity contribution in [3.8, 4) is 23.0 Å². The van der Waals surface area contributed by atoms with E-state index in [1.54, 1.807) is 21.3 Å². The Hall–Kier alpha value is -3.22. The van der Waals surface area contributed by atoms with E-state index in [1.807, 2.05) is 30.3 Å². The fraction of sp³-hybridized carbons (Fsp3) is 0.357. The van der Waals surface area contributed by atoms with Crippen LogP contribution >= 0.6 is 0 Å². The van der Waals surface area contributed by atoms with Gasteiger partial charge in [0, 0.05) is 39.3 Å². The van der Waals surface area contributed by atoms with Crippen LogP contribution in [0.15, 0.2) is 66.7 Å². The molecule has 1 saturated heterocycles. The topological polar surface area (TPSA) is 43.4 Å². The number of nitrogens with zero attached hydrogens (tertiary/aromatic N) is 2. The summed E-state index contributed by atoms with van der Waals surface area (Å²) in [6, 6.07) is 22.6. The fourth-order valence-electron chi connectivity index (χ4n) is 4.27. The number of hydrogen-bond donors (Lipinski definition) is 0. The second-order valence-corrected chi connectivity index (χ2v) is 8.50. The number of methoxy groups -OCH3 is 3. The Balaban J connectivity index is 1.31. The highest BCUT2D eigenvalue weighted by atomic mass is 16.5. The molecule has 1 fully saturated rings. The summed E-state index contributed by atoms with van der Waals surface area (Å²) in [6.07, 6.45) is 0. The highest BCUT2D eigenvalue weighted by Gasteiger charge is 2.18. The van der Waals surface area contributed by atoms with Gasteiger partial charge in [-0.15, -0.1) is 0 Å². The van der Waals surface area contributed by atoms with Crippen LogP contribution in [0.1, 0.15) is 16.7 Å². The van der Waals surface area contributed by atoms with Crippen LogP contribution in [0, 0.1) is 0 Å². The van der Waals surface area contributed by atoms with Crippen LogP contribution in [0.3, 0.4) is 0 Å². The molecule has 6 heteroatoms. The Kier molecular flexibility index (Phi) is 8.28. The first-order valence-electron chi connectivity index (χ1n) is 11.7. The van der Waals surface area contributed by atoms with Crippen LogP contribution in [0.4, 0.5) is 0 Å². The molecule has 3 aromatic rings. The molecule has 0 unspecified atom stereocenters. The smallest absolute Gasteiger partial charge is 0.161 e. The Bertz CT molecular complexity index is 1050. The number of rotatable bonds is 10. The minimum Gasteiger partial charge on any atom is -0.493 e. The molecule has 1 heterocycles. The number of piperazine rings is 1. The van der Waals surface area contributed by atoms with Gasteiger partial charge in [-0.3, -0.25) is 9.80 Å². The van der Waals surface area contributed by atoms with E-state index in [-0.39, 0.29) is 0 Å². The minimum atomic E-state index is 0.523. The lowest BCUT2D eigenvalue weighted by Gasteiger charge is -2.35. The van der Waals surface area contributed by atoms with Crippen LogP contribution in [-0.2, 0) is 19.7 Å². The Morgan fingerprint density at radius 3 is 1.59 bits per heavy atom. The summed E-state index contributed by atoms with van der Waals surface area (Å²) in [6.45, 7) is 6.45. The highest BCUT2D eigenvalue weighted by molar-refractivity contribution is 5.44. The van der Waals surface area contributed by atoms with Crippen molar-refractivity contribution >= 4 is 0 Å². The largest absolute Gasteiger partial charge is 0.493 e. The summed E-state index contributed by atoms with van der Waals surface area (Å²) >= 11 is 0. The zero-order chi connectivity index (χ0) is 23.8. The summed E-state index contributed by atoms with van der Waals surface area (Å²) in [5.41, 5.74) is 3.61. The summed E-state index contributed by atoms with van der Waals surface area (Å²) < 4.78 is 22.4. The highest BCUT2D eigenvalue weighted by Crippen LogP contribution is 2.30. The van der Waals surface area contributed by atoms with Crippen molar-refractivity contribution in [2.45, 2.75) is 19.7 Å². The third-order valence-corrected chi connectivity index (χ3v) is 6.19. The first-order valence-corrected chi connectivity index (χ1v) is 11.7. The van der Waals surface area contributed by atoms with E-state index in [4.69, 9.17) is 18.9 Å². The standard InChI is InChI=1S/C28H34N2O4/c1-31-25-11-9-23(17-27(25)33-3)19-29-13-15-30(16-14-29)20-24-10-12-26(32-2)28(18-24)34-21-22-7-5-4-6-8-22/h4-12,17-18H,13-16,19-21H2,1-3H3. The molecule has 0 aliphatic carbocycles. The number of hydrogen-bond acceptors (Lipinski definition) is 6. The maximum Gasteiger partial charge on any atom is 0.161 e. The van der Waals surface area contributed by atoms with Gasteiger partial charge < -0.3 is 18.9 Å². The van der Waals surface area contributed by atoms with Crippen molar-refractivity contribution in [1.82, 2.24) is 9.80 Å². The maximum absolute atomic E-state index is 6.09. The van der Waals surface area contributed by atoms with Crippen LogP contribution in [0.25, 0.3) is 0 Å². The van der Waals surface area contributed by atoms with Crippen LogP contribution in [0.2, 0.25) is 0 Å². The average Bonchev–Trinajstić information content (AvgIpc) is 2.89. The normalized spacial score (nSPS) is 14.6. The van der Waals surface area contributed by atoms with E-state index in [0.717, 1.165) is 67.8 Å². The molecule has 34 heavy (non-hydrogen) atoms. The zero-order valence-corrected chi connectivity index (χ0v) is 20.3. The Morgan fingerprint density at radius 2 is 1.06 bits per heavy atom. The first kappa shape index (κ1) is 23.9. The van der Waals surface area contributed by atoms with E-state index in [9.17, 15) is 0 Å². The minimum absolute atomic E-state index is 0.523. The summed E-state index contributed by atoms with van der Waals surface area (Å²) in [5.74, 6) is 3.10. The molecule has 180 valence electrons. The van der Waals surface area contributed by atoms with Crippen molar-refractivity contribution in [3.05, 3.63) is 83.4 Å². The van der Waals surface area contributed by atoms with Gasteiger partial charge in [0.1, 0.15) is 6.61 Å². The molecule has 6 nitrogen and oxygen atoms in total. The molecule has 0 spiro atoms. The van der Waals surface area contributed by atoms with Crippen molar-refractivity contribution in [3.63, 3.8) is 0 Å². The Morgan fingerprint density at radius 1 is 0.559 bits per heavy atom. The Labute approximate surface area is 202 Å². The molecule has 0 bridgehead atoms. The second kappa shape index (κ2) is 11.8. The third kappa shape index (κ3) is 6.22. The quantitative estimate of drug-likeness (QED) is 0.438. The van der Waals surface area contributed by atoms with Gasteiger partial charge in [0.05, 0.1) is 21.3 Å². The van der Waals surface area contributed by atoms with Gasteiger partial charge in [-0.1, -0.05) is 42.5 Å². The summed E-state index contributed by atoms with van der Waals surface area (Å²) in [4.78, 5) is 4.98. The van der Waals surface area contributed by atoms with Gasteiger partial charge in [-0.05, 0) is 41.0 Å². The molecule has 1 aliphatic heterocycles. The monoisotopic (exact) mass is 462 g/mol. The van der Waals surface area contributed by atoms with Crippen LogP contribution in [0.5, 0.6) is 23.0 Å². The van der Waals surface area contributed by atoms with Crippen LogP contribution < -0.4 is 18.9 Å². The van der Waals surface area contributed by atoms with Crippen LogP contribution in [-0.4, -0.2) is 57.3 Å². The third-order valence-electron chi connectivity index (χ3n) is 6.19. The predicted octanol–water partition coefficient (Wildman–Crippen LogP) is 4.61. The molecule has 3 aromatic carbocycles. The van der Waals surface area contributed by atoms with Gasteiger partial charge in [0.25, 0.3) is 0 Å². The summed E-state index contributed by atoms with van der Waals surface area (Å²) in [5, 5.41) is 0. The van der Waals surface area contributed by atoms with E-state index >= 15 is 0 Å². The molecule has 0 aromatic heterocycles.